The molecule has 1 saturated carbocycles. The molecule has 1 aliphatic rings. The molecule has 1 fully saturated rings. The molecule has 0 aromatic carbocycles. The summed E-state index contributed by atoms with van der Waals surface area (Å²) in [6.07, 6.45) is 1.97. The number of carbonyl (C=O) groups is 1. The summed E-state index contributed by atoms with van der Waals surface area (Å²) in [6, 6.07) is 3.47. The minimum absolute atomic E-state index is 0.0627. The first-order chi connectivity index (χ1) is 8.54. The van der Waals surface area contributed by atoms with E-state index in [9.17, 15) is 4.79 Å². The molecule has 100 valence electrons. The summed E-state index contributed by atoms with van der Waals surface area (Å²) >= 11 is 7.31. The molecule has 0 radical (unpaired) electrons. The summed E-state index contributed by atoms with van der Waals surface area (Å²) in [5.74, 6) is 0. The lowest BCUT2D eigenvalue weighted by Gasteiger charge is -2.16. The highest BCUT2D eigenvalue weighted by molar-refractivity contribution is 7.16. The quantitative estimate of drug-likeness (QED) is 0.780. The van der Waals surface area contributed by atoms with Gasteiger partial charge >= 0.3 is 6.03 Å². The smallest absolute Gasteiger partial charge is 0.315 e. The first-order valence-electron chi connectivity index (χ1n) is 5.95. The fourth-order valence-corrected chi connectivity index (χ4v) is 2.78. The van der Waals surface area contributed by atoms with Crippen molar-refractivity contribution in [2.24, 2.45) is 5.41 Å². The van der Waals surface area contributed by atoms with Crippen molar-refractivity contribution in [3.63, 3.8) is 0 Å². The van der Waals surface area contributed by atoms with Crippen LogP contribution < -0.4 is 10.6 Å². The summed E-state index contributed by atoms with van der Waals surface area (Å²) in [6.45, 7) is 2.59. The van der Waals surface area contributed by atoms with Crippen molar-refractivity contribution >= 4 is 29.0 Å². The molecule has 0 spiro atoms. The summed E-state index contributed by atoms with van der Waals surface area (Å²) in [5, 5.41) is 14.8. The molecule has 3 N–H and O–H groups in total. The Balaban J connectivity index is 1.77. The number of amides is 2. The Bertz CT molecular complexity index is 431. The van der Waals surface area contributed by atoms with Gasteiger partial charge in [0.2, 0.25) is 0 Å². The summed E-state index contributed by atoms with van der Waals surface area (Å²) in [4.78, 5) is 12.7. The van der Waals surface area contributed by atoms with Crippen LogP contribution in [-0.2, 0) is 0 Å². The van der Waals surface area contributed by atoms with E-state index in [0.717, 1.165) is 22.1 Å². The standard InChI is InChI=1S/C12H17ClN2O2S/c1-8(9-2-3-10(13)18-9)15-11(17)14-6-12(7-16)4-5-12/h2-3,8,16H,4-7H2,1H3,(H2,14,15,17). The van der Waals surface area contributed by atoms with E-state index in [-0.39, 0.29) is 24.1 Å². The van der Waals surface area contributed by atoms with Gasteiger partial charge in [-0.3, -0.25) is 0 Å². The molecule has 6 heteroatoms. The van der Waals surface area contributed by atoms with Crippen LogP contribution in [0.4, 0.5) is 4.79 Å². The minimum Gasteiger partial charge on any atom is -0.396 e. The van der Waals surface area contributed by atoms with Crippen molar-refractivity contribution in [3.8, 4) is 0 Å². The fourth-order valence-electron chi connectivity index (χ4n) is 1.72. The van der Waals surface area contributed by atoms with E-state index in [1.165, 1.54) is 11.3 Å². The molecule has 0 aliphatic heterocycles. The summed E-state index contributed by atoms with van der Waals surface area (Å²) < 4.78 is 0.719. The third-order valence-electron chi connectivity index (χ3n) is 3.28. The van der Waals surface area contributed by atoms with Gasteiger partial charge in [0, 0.05) is 16.8 Å². The van der Waals surface area contributed by atoms with Gasteiger partial charge in [-0.15, -0.1) is 11.3 Å². The Morgan fingerprint density at radius 1 is 1.61 bits per heavy atom. The highest BCUT2D eigenvalue weighted by Crippen LogP contribution is 2.44. The minimum atomic E-state index is -0.202. The number of rotatable bonds is 5. The average molecular weight is 289 g/mol. The number of aliphatic hydroxyl groups excluding tert-OH is 1. The Kier molecular flexibility index (Phi) is 4.14. The zero-order valence-electron chi connectivity index (χ0n) is 10.2. The number of aliphatic hydroxyl groups is 1. The number of hydrogen-bond donors (Lipinski definition) is 3. The lowest BCUT2D eigenvalue weighted by Crippen LogP contribution is -2.40. The van der Waals surface area contributed by atoms with Gasteiger partial charge in [-0.2, -0.15) is 0 Å². The van der Waals surface area contributed by atoms with Crippen LogP contribution in [0.3, 0.4) is 0 Å². The van der Waals surface area contributed by atoms with Crippen LogP contribution >= 0.6 is 22.9 Å². The monoisotopic (exact) mass is 288 g/mol. The van der Waals surface area contributed by atoms with Crippen molar-refractivity contribution < 1.29 is 9.90 Å². The normalized spacial score (nSPS) is 18.2. The van der Waals surface area contributed by atoms with Crippen LogP contribution in [0.1, 0.15) is 30.7 Å². The molecule has 1 atom stereocenters. The topological polar surface area (TPSA) is 61.4 Å². The second kappa shape index (κ2) is 5.47. The number of urea groups is 1. The van der Waals surface area contributed by atoms with Crippen molar-refractivity contribution in [2.75, 3.05) is 13.2 Å². The number of nitrogens with one attached hydrogen (secondary N) is 2. The zero-order chi connectivity index (χ0) is 13.2. The molecule has 1 aromatic rings. The third-order valence-corrected chi connectivity index (χ3v) is 4.70. The Morgan fingerprint density at radius 3 is 2.83 bits per heavy atom. The maximum absolute atomic E-state index is 11.7. The number of halogens is 1. The van der Waals surface area contributed by atoms with Gasteiger partial charge in [-0.1, -0.05) is 11.6 Å². The highest BCUT2D eigenvalue weighted by atomic mass is 35.5. The summed E-state index contributed by atoms with van der Waals surface area (Å²) in [5.41, 5.74) is -0.0627. The van der Waals surface area contributed by atoms with Crippen LogP contribution in [0, 0.1) is 5.41 Å². The van der Waals surface area contributed by atoms with Gasteiger partial charge < -0.3 is 15.7 Å². The zero-order valence-corrected chi connectivity index (χ0v) is 11.8. The molecule has 2 amide bonds. The van der Waals surface area contributed by atoms with E-state index in [4.69, 9.17) is 16.7 Å². The predicted molar refractivity (Wildman–Crippen MR) is 73.0 cm³/mol. The van der Waals surface area contributed by atoms with Crippen LogP contribution in [0.5, 0.6) is 0 Å². The largest absolute Gasteiger partial charge is 0.396 e. The SMILES string of the molecule is CC(NC(=O)NCC1(CO)CC1)c1ccc(Cl)s1. The van der Waals surface area contributed by atoms with Gasteiger partial charge in [0.15, 0.2) is 0 Å². The van der Waals surface area contributed by atoms with E-state index in [1.54, 1.807) is 0 Å². The van der Waals surface area contributed by atoms with Crippen LogP contribution in [0.15, 0.2) is 12.1 Å². The van der Waals surface area contributed by atoms with E-state index in [0.29, 0.717) is 6.54 Å². The first-order valence-corrected chi connectivity index (χ1v) is 7.15. The molecule has 0 bridgehead atoms. The predicted octanol–water partition coefficient (Wildman–Crippen LogP) is 2.53. The molecule has 0 saturated heterocycles. The van der Waals surface area contributed by atoms with Crippen LogP contribution in [-0.4, -0.2) is 24.3 Å². The second-order valence-electron chi connectivity index (χ2n) is 4.85. The molecule has 2 rings (SSSR count). The molecule has 4 nitrogen and oxygen atoms in total. The molecule has 18 heavy (non-hydrogen) atoms. The summed E-state index contributed by atoms with van der Waals surface area (Å²) in [7, 11) is 0. The molecular weight excluding hydrogens is 272 g/mol. The van der Waals surface area contributed by atoms with Crippen molar-refractivity contribution in [3.05, 3.63) is 21.3 Å². The van der Waals surface area contributed by atoms with Gasteiger partial charge in [0.25, 0.3) is 0 Å². The van der Waals surface area contributed by atoms with Crippen molar-refractivity contribution in [2.45, 2.75) is 25.8 Å². The van der Waals surface area contributed by atoms with Gasteiger partial charge in [0.1, 0.15) is 0 Å². The molecule has 1 unspecified atom stereocenters. The van der Waals surface area contributed by atoms with E-state index in [2.05, 4.69) is 10.6 Å². The maximum Gasteiger partial charge on any atom is 0.315 e. The van der Waals surface area contributed by atoms with Crippen LogP contribution in [0.2, 0.25) is 4.34 Å². The Labute approximate surface area is 115 Å². The fraction of sp³-hybridized carbons (Fsp3) is 0.583. The van der Waals surface area contributed by atoms with E-state index >= 15 is 0 Å². The first kappa shape index (κ1) is 13.6. The maximum atomic E-state index is 11.7. The molecule has 1 heterocycles. The number of hydrogen-bond acceptors (Lipinski definition) is 3. The lowest BCUT2D eigenvalue weighted by atomic mass is 10.1. The number of thiophene rings is 1. The third kappa shape index (κ3) is 3.37. The molecular formula is C12H17ClN2O2S. The average Bonchev–Trinajstić information content (AvgIpc) is 3.01. The van der Waals surface area contributed by atoms with Gasteiger partial charge in [-0.25, -0.2) is 4.79 Å². The van der Waals surface area contributed by atoms with Crippen LogP contribution in [0.25, 0.3) is 0 Å². The van der Waals surface area contributed by atoms with Gasteiger partial charge in [0.05, 0.1) is 17.0 Å². The number of carbonyl (C=O) groups excluding carboxylic acids is 1. The highest BCUT2D eigenvalue weighted by Gasteiger charge is 2.42. The van der Waals surface area contributed by atoms with Gasteiger partial charge in [-0.05, 0) is 31.9 Å². The van der Waals surface area contributed by atoms with Crippen molar-refractivity contribution in [1.29, 1.82) is 0 Å². The Hall–Kier alpha value is -0.780. The Morgan fingerprint density at radius 2 is 2.33 bits per heavy atom. The van der Waals surface area contributed by atoms with Crippen molar-refractivity contribution in [1.82, 2.24) is 10.6 Å². The van der Waals surface area contributed by atoms with E-state index in [1.807, 2.05) is 19.1 Å². The second-order valence-corrected chi connectivity index (χ2v) is 6.60. The lowest BCUT2D eigenvalue weighted by molar-refractivity contribution is 0.202. The molecule has 1 aromatic heterocycles. The van der Waals surface area contributed by atoms with E-state index < -0.39 is 0 Å². The molecule has 1 aliphatic carbocycles.